The number of ether oxygens (including phenoxy) is 1. The van der Waals surface area contributed by atoms with E-state index in [2.05, 4.69) is 20.4 Å². The van der Waals surface area contributed by atoms with Crippen LogP contribution in [-0.2, 0) is 24.2 Å². The highest BCUT2D eigenvalue weighted by molar-refractivity contribution is 5.77. The molecule has 0 radical (unpaired) electrons. The van der Waals surface area contributed by atoms with Gasteiger partial charge in [-0.1, -0.05) is 24.2 Å². The Labute approximate surface area is 145 Å². The molecule has 25 heavy (non-hydrogen) atoms. The molecule has 2 heterocycles. The third-order valence-corrected chi connectivity index (χ3v) is 3.82. The van der Waals surface area contributed by atoms with Crippen molar-refractivity contribution in [1.29, 1.82) is 0 Å². The normalized spacial score (nSPS) is 10.8. The predicted molar refractivity (Wildman–Crippen MR) is 92.1 cm³/mol. The van der Waals surface area contributed by atoms with Gasteiger partial charge in [-0.25, -0.2) is 9.97 Å². The highest BCUT2D eigenvalue weighted by Gasteiger charge is 2.12. The van der Waals surface area contributed by atoms with E-state index >= 15 is 0 Å². The smallest absolute Gasteiger partial charge is 0.235 e. The van der Waals surface area contributed by atoms with Crippen LogP contribution in [-0.4, -0.2) is 28.1 Å². The topological polar surface area (TPSA) is 90.1 Å². The zero-order valence-electron chi connectivity index (χ0n) is 14.3. The molecule has 1 aromatic carbocycles. The Kier molecular flexibility index (Phi) is 5.23. The first-order valence-electron chi connectivity index (χ1n) is 8.20. The Morgan fingerprint density at radius 2 is 2.00 bits per heavy atom. The van der Waals surface area contributed by atoms with Crippen molar-refractivity contribution in [1.82, 2.24) is 20.4 Å². The lowest BCUT2D eigenvalue weighted by molar-refractivity contribution is -0.121. The van der Waals surface area contributed by atoms with Crippen molar-refractivity contribution >= 4 is 16.9 Å². The number of amides is 1. The molecular weight excluding hydrogens is 320 g/mol. The molecule has 0 bridgehead atoms. The molecule has 7 heteroatoms. The number of fused-ring (bicyclic) bond motifs is 1. The van der Waals surface area contributed by atoms with Crippen LogP contribution in [0.25, 0.3) is 11.0 Å². The van der Waals surface area contributed by atoms with Crippen molar-refractivity contribution in [3.8, 4) is 5.88 Å². The van der Waals surface area contributed by atoms with Gasteiger partial charge in [0.2, 0.25) is 11.8 Å². The standard InChI is InChI=1S/C18H20N4O3/c1-3-12-10-13(25-22-12)11-19-17(23)9-8-16-18(24-2)21-15-7-5-4-6-14(15)20-16/h4-7,10H,3,8-9,11H2,1-2H3,(H,19,23). The van der Waals surface area contributed by atoms with Crippen LogP contribution < -0.4 is 10.1 Å². The van der Waals surface area contributed by atoms with Crippen LogP contribution in [0.5, 0.6) is 5.88 Å². The number of hydrogen-bond acceptors (Lipinski definition) is 6. The molecule has 0 aliphatic carbocycles. The maximum Gasteiger partial charge on any atom is 0.235 e. The van der Waals surface area contributed by atoms with E-state index in [1.54, 1.807) is 7.11 Å². The van der Waals surface area contributed by atoms with E-state index < -0.39 is 0 Å². The molecule has 0 aliphatic heterocycles. The van der Waals surface area contributed by atoms with Crippen LogP contribution >= 0.6 is 0 Å². The molecular formula is C18H20N4O3. The van der Waals surface area contributed by atoms with E-state index in [-0.39, 0.29) is 12.3 Å². The van der Waals surface area contributed by atoms with Gasteiger partial charge in [-0.15, -0.1) is 0 Å². The number of methoxy groups -OCH3 is 1. The zero-order chi connectivity index (χ0) is 17.6. The van der Waals surface area contributed by atoms with Crippen LogP contribution in [0.15, 0.2) is 34.9 Å². The molecule has 0 saturated heterocycles. The molecule has 0 fully saturated rings. The molecule has 1 amide bonds. The van der Waals surface area contributed by atoms with Crippen LogP contribution in [0.2, 0.25) is 0 Å². The summed E-state index contributed by atoms with van der Waals surface area (Å²) < 4.78 is 10.4. The number of carbonyl (C=O) groups excluding carboxylic acids is 1. The Morgan fingerprint density at radius 1 is 1.24 bits per heavy atom. The van der Waals surface area contributed by atoms with E-state index in [9.17, 15) is 4.79 Å². The van der Waals surface area contributed by atoms with Gasteiger partial charge in [0.15, 0.2) is 5.76 Å². The number of aromatic nitrogens is 3. The van der Waals surface area contributed by atoms with Gasteiger partial charge in [0.25, 0.3) is 0 Å². The van der Waals surface area contributed by atoms with Gasteiger partial charge >= 0.3 is 0 Å². The summed E-state index contributed by atoms with van der Waals surface area (Å²) in [6.45, 7) is 2.32. The minimum atomic E-state index is -0.0912. The fourth-order valence-electron chi connectivity index (χ4n) is 2.46. The van der Waals surface area contributed by atoms with E-state index in [0.717, 1.165) is 23.1 Å². The highest BCUT2D eigenvalue weighted by Crippen LogP contribution is 2.19. The number of benzene rings is 1. The SMILES string of the molecule is CCc1cc(CNC(=O)CCc2nc3ccccc3nc2OC)on1. The average molecular weight is 340 g/mol. The molecule has 1 N–H and O–H groups in total. The van der Waals surface area contributed by atoms with Crippen molar-refractivity contribution in [3.05, 3.63) is 47.5 Å². The van der Waals surface area contributed by atoms with Gasteiger partial charge in [-0.3, -0.25) is 4.79 Å². The second kappa shape index (κ2) is 7.74. The molecule has 0 unspecified atom stereocenters. The van der Waals surface area contributed by atoms with E-state index in [1.807, 2.05) is 37.3 Å². The minimum absolute atomic E-state index is 0.0912. The maximum absolute atomic E-state index is 12.1. The van der Waals surface area contributed by atoms with E-state index in [1.165, 1.54) is 0 Å². The van der Waals surface area contributed by atoms with Gasteiger partial charge in [0.1, 0.15) is 5.69 Å². The summed E-state index contributed by atoms with van der Waals surface area (Å²) in [6.07, 6.45) is 1.54. The lowest BCUT2D eigenvalue weighted by atomic mass is 10.2. The number of rotatable bonds is 7. The lowest BCUT2D eigenvalue weighted by Crippen LogP contribution is -2.23. The van der Waals surface area contributed by atoms with E-state index in [4.69, 9.17) is 9.26 Å². The van der Waals surface area contributed by atoms with Crippen molar-refractivity contribution in [2.75, 3.05) is 7.11 Å². The number of nitrogens with zero attached hydrogens (tertiary/aromatic N) is 3. The summed E-state index contributed by atoms with van der Waals surface area (Å²) in [5, 5.41) is 6.72. The summed E-state index contributed by atoms with van der Waals surface area (Å²) in [4.78, 5) is 21.1. The average Bonchev–Trinajstić information content (AvgIpc) is 3.12. The monoisotopic (exact) mass is 340 g/mol. The fourth-order valence-corrected chi connectivity index (χ4v) is 2.46. The summed E-state index contributed by atoms with van der Waals surface area (Å²) in [6, 6.07) is 9.42. The quantitative estimate of drug-likeness (QED) is 0.710. The van der Waals surface area contributed by atoms with Crippen molar-refractivity contribution < 1.29 is 14.1 Å². The molecule has 3 rings (SSSR count). The third-order valence-electron chi connectivity index (χ3n) is 3.82. The van der Waals surface area contributed by atoms with Gasteiger partial charge < -0.3 is 14.6 Å². The van der Waals surface area contributed by atoms with Crippen LogP contribution in [0.1, 0.15) is 30.5 Å². The van der Waals surface area contributed by atoms with E-state index in [0.29, 0.717) is 30.3 Å². The second-order valence-electron chi connectivity index (χ2n) is 5.58. The summed E-state index contributed by atoms with van der Waals surface area (Å²) in [5.74, 6) is 1.01. The van der Waals surface area contributed by atoms with Gasteiger partial charge in [-0.2, -0.15) is 0 Å². The largest absolute Gasteiger partial charge is 0.480 e. The fraction of sp³-hybridized carbons (Fsp3) is 0.333. The van der Waals surface area contributed by atoms with Crippen molar-refractivity contribution in [2.24, 2.45) is 0 Å². The number of nitrogens with one attached hydrogen (secondary N) is 1. The third kappa shape index (κ3) is 4.12. The first kappa shape index (κ1) is 16.9. The maximum atomic E-state index is 12.1. The molecule has 7 nitrogen and oxygen atoms in total. The van der Waals surface area contributed by atoms with Gasteiger partial charge in [0.05, 0.1) is 30.4 Å². The predicted octanol–water partition coefficient (Wildman–Crippen LogP) is 2.44. The molecule has 0 spiro atoms. The molecule has 0 atom stereocenters. The second-order valence-corrected chi connectivity index (χ2v) is 5.58. The molecule has 0 aliphatic rings. The Hall–Kier alpha value is -2.96. The molecule has 3 aromatic rings. The number of aryl methyl sites for hydroxylation is 2. The lowest BCUT2D eigenvalue weighted by Gasteiger charge is -2.08. The first-order chi connectivity index (χ1) is 12.2. The number of hydrogen-bond donors (Lipinski definition) is 1. The van der Waals surface area contributed by atoms with Gasteiger partial charge in [-0.05, 0) is 18.6 Å². The van der Waals surface area contributed by atoms with Crippen molar-refractivity contribution in [3.63, 3.8) is 0 Å². The minimum Gasteiger partial charge on any atom is -0.480 e. The first-order valence-corrected chi connectivity index (χ1v) is 8.20. The molecule has 2 aromatic heterocycles. The number of para-hydroxylation sites is 2. The van der Waals surface area contributed by atoms with Crippen LogP contribution in [0.4, 0.5) is 0 Å². The molecule has 0 saturated carbocycles. The van der Waals surface area contributed by atoms with Crippen molar-refractivity contribution in [2.45, 2.75) is 32.7 Å². The Morgan fingerprint density at radius 3 is 2.68 bits per heavy atom. The summed E-state index contributed by atoms with van der Waals surface area (Å²) in [5.41, 5.74) is 3.10. The highest BCUT2D eigenvalue weighted by atomic mass is 16.5. The van der Waals surface area contributed by atoms with Crippen LogP contribution in [0, 0.1) is 0 Å². The summed E-state index contributed by atoms with van der Waals surface area (Å²) >= 11 is 0. The summed E-state index contributed by atoms with van der Waals surface area (Å²) in [7, 11) is 1.55. The zero-order valence-corrected chi connectivity index (χ0v) is 14.3. The Balaban J connectivity index is 1.60. The van der Waals surface area contributed by atoms with Gasteiger partial charge in [0, 0.05) is 18.9 Å². The molecule has 130 valence electrons. The number of carbonyl (C=O) groups is 1. The Bertz CT molecular complexity index is 876. The van der Waals surface area contributed by atoms with Crippen LogP contribution in [0.3, 0.4) is 0 Å².